The topological polar surface area (TPSA) is 26.8 Å². The normalized spacial score (nSPS) is 20.4. The smallest absolute Gasteiger partial charge is 0.227 e. The number of carbonyl (C=O) groups excluding carboxylic acids is 1. The lowest BCUT2D eigenvalue weighted by atomic mass is 9.95. The summed E-state index contributed by atoms with van der Waals surface area (Å²) in [6, 6.07) is 14.0. The lowest BCUT2D eigenvalue weighted by Gasteiger charge is -2.40. The third-order valence-electron chi connectivity index (χ3n) is 6.31. The van der Waals surface area contributed by atoms with Crippen LogP contribution >= 0.6 is 23.2 Å². The number of aryl methyl sites for hydroxylation is 1. The van der Waals surface area contributed by atoms with E-state index < -0.39 is 0 Å². The van der Waals surface area contributed by atoms with Crippen molar-refractivity contribution >= 4 is 34.8 Å². The van der Waals surface area contributed by atoms with Crippen LogP contribution in [-0.2, 0) is 11.3 Å². The molecule has 0 unspecified atom stereocenters. The molecule has 0 aliphatic carbocycles. The van der Waals surface area contributed by atoms with Crippen molar-refractivity contribution in [3.63, 3.8) is 0 Å². The van der Waals surface area contributed by atoms with Crippen LogP contribution in [0.25, 0.3) is 0 Å². The maximum Gasteiger partial charge on any atom is 0.227 e. The number of piperidine rings is 1. The van der Waals surface area contributed by atoms with Gasteiger partial charge in [-0.15, -0.1) is 0 Å². The van der Waals surface area contributed by atoms with Crippen LogP contribution in [0.1, 0.15) is 24.0 Å². The van der Waals surface area contributed by atoms with E-state index in [4.69, 9.17) is 23.2 Å². The van der Waals surface area contributed by atoms with Gasteiger partial charge in [-0.05, 0) is 55.6 Å². The molecule has 2 aromatic carbocycles. The van der Waals surface area contributed by atoms with Gasteiger partial charge in [0.1, 0.15) is 0 Å². The van der Waals surface area contributed by atoms with E-state index in [2.05, 4.69) is 33.8 Å². The molecule has 1 amide bonds. The highest BCUT2D eigenvalue weighted by atomic mass is 35.5. The molecule has 2 heterocycles. The van der Waals surface area contributed by atoms with E-state index in [9.17, 15) is 4.79 Å². The number of likely N-dealkylation sites (tertiary alicyclic amines) is 1. The summed E-state index contributed by atoms with van der Waals surface area (Å²) < 4.78 is 0. The second kappa shape index (κ2) is 9.59. The zero-order chi connectivity index (χ0) is 21.1. The predicted octanol–water partition coefficient (Wildman–Crippen LogP) is 4.86. The third kappa shape index (κ3) is 4.93. The fraction of sp³-hybridized carbons (Fsp3) is 0.458. The van der Waals surface area contributed by atoms with Gasteiger partial charge in [0.15, 0.2) is 0 Å². The van der Waals surface area contributed by atoms with Gasteiger partial charge in [0, 0.05) is 55.0 Å². The Morgan fingerprint density at radius 2 is 1.80 bits per heavy atom. The van der Waals surface area contributed by atoms with Crippen molar-refractivity contribution in [2.24, 2.45) is 5.92 Å². The van der Waals surface area contributed by atoms with Gasteiger partial charge in [0.05, 0.1) is 5.92 Å². The van der Waals surface area contributed by atoms with Gasteiger partial charge in [-0.25, -0.2) is 0 Å². The average molecular weight is 446 g/mol. The summed E-state index contributed by atoms with van der Waals surface area (Å²) in [5.74, 6) is 0.391. The van der Waals surface area contributed by atoms with E-state index in [1.807, 2.05) is 30.3 Å². The van der Waals surface area contributed by atoms with Crippen molar-refractivity contribution in [3.05, 3.63) is 63.6 Å². The molecule has 0 saturated carbocycles. The van der Waals surface area contributed by atoms with E-state index in [-0.39, 0.29) is 5.92 Å². The van der Waals surface area contributed by atoms with Crippen LogP contribution in [0, 0.1) is 12.8 Å². The lowest BCUT2D eigenvalue weighted by molar-refractivity contribution is -0.137. The number of nitrogens with zero attached hydrogens (tertiary/aromatic N) is 3. The van der Waals surface area contributed by atoms with Crippen LogP contribution in [0.15, 0.2) is 42.5 Å². The van der Waals surface area contributed by atoms with E-state index >= 15 is 0 Å². The number of piperazine rings is 1. The molecule has 2 fully saturated rings. The molecule has 4 nitrogen and oxygen atoms in total. The summed E-state index contributed by atoms with van der Waals surface area (Å²) in [5, 5.41) is 1.56. The number of carbonyl (C=O) groups is 1. The molecule has 30 heavy (non-hydrogen) atoms. The fourth-order valence-electron chi connectivity index (χ4n) is 4.62. The first kappa shape index (κ1) is 21.5. The molecule has 2 aliphatic rings. The van der Waals surface area contributed by atoms with Crippen LogP contribution in [-0.4, -0.2) is 55.0 Å². The Morgan fingerprint density at radius 1 is 1.03 bits per heavy atom. The highest BCUT2D eigenvalue weighted by Crippen LogP contribution is 2.27. The van der Waals surface area contributed by atoms with Crippen molar-refractivity contribution in [2.45, 2.75) is 26.3 Å². The quantitative estimate of drug-likeness (QED) is 0.671. The van der Waals surface area contributed by atoms with Gasteiger partial charge < -0.3 is 9.80 Å². The maximum absolute atomic E-state index is 13.2. The number of amides is 1. The summed E-state index contributed by atoms with van der Waals surface area (Å²) >= 11 is 12.5. The SMILES string of the molecule is Cc1ccc(Cl)cc1N1CCN(C(=O)[C@@H]2CCCN(Cc3ccccc3Cl)C2)CC1. The third-order valence-corrected chi connectivity index (χ3v) is 6.91. The molecule has 1 atom stereocenters. The molecule has 0 aromatic heterocycles. The molecule has 160 valence electrons. The summed E-state index contributed by atoms with van der Waals surface area (Å²) in [5.41, 5.74) is 3.54. The minimum atomic E-state index is 0.0840. The van der Waals surface area contributed by atoms with E-state index in [0.29, 0.717) is 5.91 Å². The highest BCUT2D eigenvalue weighted by molar-refractivity contribution is 6.31. The van der Waals surface area contributed by atoms with Gasteiger partial charge in [-0.1, -0.05) is 47.5 Å². The molecule has 2 saturated heterocycles. The summed E-state index contributed by atoms with van der Waals surface area (Å²) in [6.07, 6.45) is 2.04. The minimum Gasteiger partial charge on any atom is -0.368 e. The van der Waals surface area contributed by atoms with Gasteiger partial charge in [0.25, 0.3) is 0 Å². The molecule has 6 heteroatoms. The molecule has 2 aliphatic heterocycles. The summed E-state index contributed by atoms with van der Waals surface area (Å²) in [6.45, 7) is 8.00. The fourth-order valence-corrected chi connectivity index (χ4v) is 4.98. The first-order chi connectivity index (χ1) is 14.5. The van der Waals surface area contributed by atoms with Crippen LogP contribution in [0.5, 0.6) is 0 Å². The summed E-state index contributed by atoms with van der Waals surface area (Å²) in [7, 11) is 0. The predicted molar refractivity (Wildman–Crippen MR) is 124 cm³/mol. The number of hydrogen-bond acceptors (Lipinski definition) is 3. The number of anilines is 1. The molecular formula is C24H29Cl2N3O. The van der Waals surface area contributed by atoms with Crippen LogP contribution in [0.4, 0.5) is 5.69 Å². The molecule has 0 bridgehead atoms. The van der Waals surface area contributed by atoms with E-state index in [0.717, 1.165) is 74.3 Å². The van der Waals surface area contributed by atoms with Gasteiger partial charge >= 0.3 is 0 Å². The van der Waals surface area contributed by atoms with Crippen molar-refractivity contribution in [2.75, 3.05) is 44.2 Å². The zero-order valence-corrected chi connectivity index (χ0v) is 19.0. The van der Waals surface area contributed by atoms with Crippen molar-refractivity contribution in [3.8, 4) is 0 Å². The van der Waals surface area contributed by atoms with Crippen molar-refractivity contribution in [1.29, 1.82) is 0 Å². The van der Waals surface area contributed by atoms with Crippen LogP contribution in [0.3, 0.4) is 0 Å². The Balaban J connectivity index is 1.33. The van der Waals surface area contributed by atoms with Gasteiger partial charge in [0.2, 0.25) is 5.91 Å². The second-order valence-electron chi connectivity index (χ2n) is 8.41. The molecule has 0 spiro atoms. The molecule has 0 N–H and O–H groups in total. The second-order valence-corrected chi connectivity index (χ2v) is 9.25. The average Bonchev–Trinajstić information content (AvgIpc) is 2.77. The number of hydrogen-bond donors (Lipinski definition) is 0. The number of rotatable bonds is 4. The standard InChI is InChI=1S/C24H29Cl2N3O/c1-18-8-9-21(25)15-23(18)28-11-13-29(14-12-28)24(30)20-6-4-10-27(17-20)16-19-5-2-3-7-22(19)26/h2-3,5,7-9,15,20H,4,6,10-14,16-17H2,1H3/t20-/m1/s1. The van der Waals surface area contributed by atoms with Gasteiger partial charge in [-0.3, -0.25) is 9.69 Å². The van der Waals surface area contributed by atoms with E-state index in [1.54, 1.807) is 0 Å². The van der Waals surface area contributed by atoms with Gasteiger partial charge in [-0.2, -0.15) is 0 Å². The van der Waals surface area contributed by atoms with Crippen LogP contribution < -0.4 is 4.90 Å². The molecule has 0 radical (unpaired) electrons. The number of benzene rings is 2. The zero-order valence-electron chi connectivity index (χ0n) is 17.5. The molecule has 4 rings (SSSR count). The molecule has 2 aromatic rings. The molecular weight excluding hydrogens is 417 g/mol. The number of halogens is 2. The first-order valence-corrected chi connectivity index (χ1v) is 11.5. The Kier molecular flexibility index (Phi) is 6.87. The Bertz CT molecular complexity index is 896. The van der Waals surface area contributed by atoms with Crippen LogP contribution in [0.2, 0.25) is 10.0 Å². The first-order valence-electron chi connectivity index (χ1n) is 10.8. The lowest BCUT2D eigenvalue weighted by Crippen LogP contribution is -2.52. The van der Waals surface area contributed by atoms with E-state index in [1.165, 1.54) is 11.3 Å². The Morgan fingerprint density at radius 3 is 2.57 bits per heavy atom. The highest BCUT2D eigenvalue weighted by Gasteiger charge is 2.31. The largest absolute Gasteiger partial charge is 0.368 e. The Hall–Kier alpha value is -1.75. The summed E-state index contributed by atoms with van der Waals surface area (Å²) in [4.78, 5) is 20.0. The van der Waals surface area contributed by atoms with Crippen molar-refractivity contribution < 1.29 is 4.79 Å². The maximum atomic E-state index is 13.2. The monoisotopic (exact) mass is 445 g/mol. The Labute approximate surface area is 189 Å². The van der Waals surface area contributed by atoms with Crippen molar-refractivity contribution in [1.82, 2.24) is 9.80 Å². The minimum absolute atomic E-state index is 0.0840.